The van der Waals surface area contributed by atoms with Gasteiger partial charge in [-0.1, -0.05) is 173 Å². The highest BCUT2D eigenvalue weighted by Crippen LogP contribution is 2.53. The number of rotatable bonds is 7. The molecule has 294 valence electrons. The Morgan fingerprint density at radius 1 is 0.483 bits per heavy atom. The van der Waals surface area contributed by atoms with E-state index < -0.39 is 0 Å². The molecule has 2 fully saturated rings. The van der Waals surface area contributed by atoms with Gasteiger partial charge in [0.05, 0.1) is 0 Å². The third kappa shape index (κ3) is 6.21. The van der Waals surface area contributed by atoms with Gasteiger partial charge in [0, 0.05) is 22.5 Å². The van der Waals surface area contributed by atoms with Crippen molar-refractivity contribution in [1.29, 1.82) is 0 Å². The Hall–Kier alpha value is -6.18. The minimum Gasteiger partial charge on any atom is -0.310 e. The molecule has 0 aromatic heterocycles. The minimum atomic E-state index is -0.00957. The van der Waals surface area contributed by atoms with E-state index in [0.29, 0.717) is 5.41 Å². The topological polar surface area (TPSA) is 3.24 Å². The standard InChI is InChI=1S/C59H53N/c1-40-35-41-13-12-34-59(38-40,39-41)47-27-31-49(32-28-47)60(50-19-9-18-45(36-50)46-26-33-56-54(37-46)53-20-7-8-23-55(53)58(56,2)3)48-29-24-43(25-30-48)52-22-11-17-44-16-10-21-51(57(44)52)42-14-5-4-6-15-42/h4-11,14-33,36-37,40-41H,12-13,34-35,38-39H2,1-3H3. The SMILES string of the molecule is CC1CC2CCCC(c3ccc(N(c4ccc(-c5cccc6cccc(-c7ccccc7)c56)cc4)c4cccc(-c5ccc6c(c5)-c5ccccc5C6(C)C)c4)cc3)(C1)C2. The molecule has 60 heavy (non-hydrogen) atoms. The van der Waals surface area contributed by atoms with Crippen molar-refractivity contribution in [3.8, 4) is 44.5 Å². The van der Waals surface area contributed by atoms with Crippen LogP contribution in [0.1, 0.15) is 76.0 Å². The first-order valence-corrected chi connectivity index (χ1v) is 22.3. The number of benzene rings is 8. The average Bonchev–Trinajstić information content (AvgIpc) is 3.52. The maximum atomic E-state index is 2.49. The van der Waals surface area contributed by atoms with Gasteiger partial charge in [-0.3, -0.25) is 0 Å². The Balaban J connectivity index is 1.01. The van der Waals surface area contributed by atoms with Gasteiger partial charge in [-0.25, -0.2) is 0 Å². The summed E-state index contributed by atoms with van der Waals surface area (Å²) in [4.78, 5) is 2.46. The smallest absolute Gasteiger partial charge is 0.0467 e. The molecule has 0 radical (unpaired) electrons. The molecule has 0 saturated heterocycles. The van der Waals surface area contributed by atoms with Crippen LogP contribution in [0.4, 0.5) is 17.1 Å². The quantitative estimate of drug-likeness (QED) is 0.156. The van der Waals surface area contributed by atoms with E-state index >= 15 is 0 Å². The molecule has 0 spiro atoms. The summed E-state index contributed by atoms with van der Waals surface area (Å²) in [7, 11) is 0. The van der Waals surface area contributed by atoms with Gasteiger partial charge in [-0.2, -0.15) is 0 Å². The molecule has 8 aromatic carbocycles. The molecule has 3 aliphatic carbocycles. The fraction of sp³-hybridized carbons (Fsp3) is 0.220. The first-order chi connectivity index (χ1) is 29.3. The summed E-state index contributed by atoms with van der Waals surface area (Å²) >= 11 is 0. The molecule has 0 heterocycles. The third-order valence-corrected chi connectivity index (χ3v) is 14.6. The molecule has 11 rings (SSSR count). The Kier molecular flexibility index (Phi) is 8.92. The molecule has 3 aliphatic rings. The second-order valence-electron chi connectivity index (χ2n) is 18.8. The summed E-state index contributed by atoms with van der Waals surface area (Å²) in [5.74, 6) is 1.68. The van der Waals surface area contributed by atoms with Crippen LogP contribution in [0, 0.1) is 11.8 Å². The first-order valence-electron chi connectivity index (χ1n) is 22.3. The van der Waals surface area contributed by atoms with E-state index in [2.05, 4.69) is 208 Å². The van der Waals surface area contributed by atoms with Gasteiger partial charge in [-0.15, -0.1) is 0 Å². The van der Waals surface area contributed by atoms with Gasteiger partial charge in [0.15, 0.2) is 0 Å². The zero-order chi connectivity index (χ0) is 40.4. The van der Waals surface area contributed by atoms with Gasteiger partial charge in [0.2, 0.25) is 0 Å². The monoisotopic (exact) mass is 775 g/mol. The highest BCUT2D eigenvalue weighted by Gasteiger charge is 2.43. The summed E-state index contributed by atoms with van der Waals surface area (Å²) in [6.07, 6.45) is 8.17. The Morgan fingerprint density at radius 2 is 1.08 bits per heavy atom. The van der Waals surface area contributed by atoms with Crippen LogP contribution in [0.15, 0.2) is 182 Å². The minimum absolute atomic E-state index is 0.00957. The lowest BCUT2D eigenvalue weighted by Gasteiger charge is -2.48. The van der Waals surface area contributed by atoms with E-state index in [1.807, 2.05) is 0 Å². The predicted octanol–water partition coefficient (Wildman–Crippen LogP) is 16.5. The van der Waals surface area contributed by atoms with E-state index in [1.54, 1.807) is 0 Å². The van der Waals surface area contributed by atoms with Crippen molar-refractivity contribution < 1.29 is 0 Å². The lowest BCUT2D eigenvalue weighted by atomic mass is 9.57. The van der Waals surface area contributed by atoms with E-state index in [0.717, 1.165) is 23.2 Å². The van der Waals surface area contributed by atoms with Crippen molar-refractivity contribution in [1.82, 2.24) is 0 Å². The summed E-state index contributed by atoms with van der Waals surface area (Å²) < 4.78 is 0. The fourth-order valence-corrected chi connectivity index (χ4v) is 11.9. The van der Waals surface area contributed by atoms with Crippen molar-refractivity contribution in [2.75, 3.05) is 4.90 Å². The van der Waals surface area contributed by atoms with Crippen molar-refractivity contribution in [3.05, 3.63) is 199 Å². The summed E-state index contributed by atoms with van der Waals surface area (Å²) in [5.41, 5.74) is 18.3. The van der Waals surface area contributed by atoms with Crippen molar-refractivity contribution in [3.63, 3.8) is 0 Å². The molecule has 8 aromatic rings. The molecule has 3 unspecified atom stereocenters. The number of nitrogens with zero attached hydrogens (tertiary/aromatic N) is 1. The van der Waals surface area contributed by atoms with Crippen molar-refractivity contribution in [2.45, 2.75) is 70.1 Å². The van der Waals surface area contributed by atoms with E-state index in [-0.39, 0.29) is 5.41 Å². The largest absolute Gasteiger partial charge is 0.310 e. The van der Waals surface area contributed by atoms with Gasteiger partial charge in [0.1, 0.15) is 0 Å². The maximum Gasteiger partial charge on any atom is 0.0467 e. The lowest BCUT2D eigenvalue weighted by molar-refractivity contribution is 0.110. The van der Waals surface area contributed by atoms with Crippen LogP contribution in [0.25, 0.3) is 55.3 Å². The van der Waals surface area contributed by atoms with Gasteiger partial charge in [0.25, 0.3) is 0 Å². The maximum absolute atomic E-state index is 2.49. The van der Waals surface area contributed by atoms with Crippen LogP contribution in [0.2, 0.25) is 0 Å². The van der Waals surface area contributed by atoms with Crippen LogP contribution in [0.3, 0.4) is 0 Å². The van der Waals surface area contributed by atoms with Crippen molar-refractivity contribution >= 4 is 27.8 Å². The van der Waals surface area contributed by atoms with Crippen LogP contribution in [-0.2, 0) is 10.8 Å². The number of anilines is 3. The molecule has 0 amide bonds. The molecule has 2 bridgehead atoms. The third-order valence-electron chi connectivity index (χ3n) is 14.6. The Morgan fingerprint density at radius 3 is 1.85 bits per heavy atom. The molecule has 0 N–H and O–H groups in total. The average molecular weight is 776 g/mol. The van der Waals surface area contributed by atoms with Crippen LogP contribution in [0.5, 0.6) is 0 Å². The normalized spacial score (nSPS) is 20.1. The van der Waals surface area contributed by atoms with Gasteiger partial charge < -0.3 is 4.90 Å². The summed E-state index contributed by atoms with van der Waals surface area (Å²) in [5, 5.41) is 2.55. The van der Waals surface area contributed by atoms with Gasteiger partial charge >= 0.3 is 0 Å². The Labute approximate surface area is 356 Å². The molecule has 1 heteroatoms. The number of fused-ring (bicyclic) bond motifs is 6. The number of hydrogen-bond acceptors (Lipinski definition) is 1. The molecule has 3 atom stereocenters. The van der Waals surface area contributed by atoms with Gasteiger partial charge in [-0.05, 0) is 157 Å². The molecular weight excluding hydrogens is 723 g/mol. The molecule has 1 nitrogen and oxygen atoms in total. The lowest BCUT2D eigenvalue weighted by Crippen LogP contribution is -2.39. The van der Waals surface area contributed by atoms with E-state index in [4.69, 9.17) is 0 Å². The Bertz CT molecular complexity index is 2860. The van der Waals surface area contributed by atoms with E-state index in [9.17, 15) is 0 Å². The van der Waals surface area contributed by atoms with E-state index in [1.165, 1.54) is 116 Å². The van der Waals surface area contributed by atoms with Crippen LogP contribution < -0.4 is 4.90 Å². The molecule has 2 saturated carbocycles. The van der Waals surface area contributed by atoms with Crippen LogP contribution >= 0.6 is 0 Å². The highest BCUT2D eigenvalue weighted by atomic mass is 15.1. The number of hydrogen-bond donors (Lipinski definition) is 0. The first kappa shape index (κ1) is 36.9. The predicted molar refractivity (Wildman–Crippen MR) is 255 cm³/mol. The van der Waals surface area contributed by atoms with Crippen molar-refractivity contribution in [2.24, 2.45) is 11.8 Å². The summed E-state index contributed by atoms with van der Waals surface area (Å²) in [6.45, 7) is 7.20. The zero-order valence-corrected chi connectivity index (χ0v) is 35.2. The summed E-state index contributed by atoms with van der Waals surface area (Å²) in [6, 6.07) is 68.4. The second kappa shape index (κ2) is 14.5. The molecule has 0 aliphatic heterocycles. The van der Waals surface area contributed by atoms with Crippen LogP contribution in [-0.4, -0.2) is 0 Å². The molecular formula is C59H53N. The zero-order valence-electron chi connectivity index (χ0n) is 35.2. The fourth-order valence-electron chi connectivity index (χ4n) is 11.9. The highest BCUT2D eigenvalue weighted by molar-refractivity contribution is 6.06. The second-order valence-corrected chi connectivity index (χ2v) is 18.8.